The number of aryl methyl sites for hydroxylation is 2. The SMILES string of the molecule is CCc1cc(CC(=O)c2cncs2)n(C)n1. The highest BCUT2D eigenvalue weighted by Crippen LogP contribution is 2.12. The van der Waals surface area contributed by atoms with Crippen LogP contribution in [-0.2, 0) is 19.9 Å². The number of nitrogens with zero attached hydrogens (tertiary/aromatic N) is 3. The van der Waals surface area contributed by atoms with E-state index in [0.29, 0.717) is 11.3 Å². The molecule has 0 aliphatic rings. The van der Waals surface area contributed by atoms with E-state index in [-0.39, 0.29) is 5.78 Å². The zero-order valence-corrected chi connectivity index (χ0v) is 10.1. The smallest absolute Gasteiger partial charge is 0.180 e. The normalized spacial score (nSPS) is 10.6. The van der Waals surface area contributed by atoms with Gasteiger partial charge in [0.05, 0.1) is 22.5 Å². The maximum Gasteiger partial charge on any atom is 0.180 e. The van der Waals surface area contributed by atoms with Gasteiger partial charge in [0.25, 0.3) is 0 Å². The average Bonchev–Trinajstić information content (AvgIpc) is 2.88. The second kappa shape index (κ2) is 4.57. The van der Waals surface area contributed by atoms with E-state index >= 15 is 0 Å². The Kier molecular flexibility index (Phi) is 3.14. The molecule has 0 aromatic carbocycles. The van der Waals surface area contributed by atoms with Crippen molar-refractivity contribution in [2.24, 2.45) is 7.05 Å². The van der Waals surface area contributed by atoms with Crippen LogP contribution in [0, 0.1) is 0 Å². The van der Waals surface area contributed by atoms with Crippen molar-refractivity contribution in [3.63, 3.8) is 0 Å². The topological polar surface area (TPSA) is 47.8 Å². The first-order valence-electron chi connectivity index (χ1n) is 5.14. The number of thiazole rings is 1. The van der Waals surface area contributed by atoms with Crippen molar-refractivity contribution in [1.82, 2.24) is 14.8 Å². The molecule has 2 rings (SSSR count). The summed E-state index contributed by atoms with van der Waals surface area (Å²) in [4.78, 5) is 16.5. The highest BCUT2D eigenvalue weighted by molar-refractivity contribution is 7.11. The summed E-state index contributed by atoms with van der Waals surface area (Å²) >= 11 is 1.38. The second-order valence-corrected chi connectivity index (χ2v) is 4.46. The second-order valence-electron chi connectivity index (χ2n) is 3.57. The largest absolute Gasteiger partial charge is 0.293 e. The lowest BCUT2D eigenvalue weighted by Gasteiger charge is -1.98. The molecule has 0 spiro atoms. The molecule has 0 unspecified atom stereocenters. The van der Waals surface area contributed by atoms with E-state index in [1.807, 2.05) is 13.1 Å². The molecule has 0 aliphatic carbocycles. The molecule has 4 nitrogen and oxygen atoms in total. The van der Waals surface area contributed by atoms with E-state index in [9.17, 15) is 4.79 Å². The maximum absolute atomic E-state index is 11.9. The first kappa shape index (κ1) is 11.0. The number of Topliss-reactive ketones (excluding diaryl/α,β-unsaturated/α-hetero) is 1. The minimum Gasteiger partial charge on any atom is -0.293 e. The third-order valence-electron chi connectivity index (χ3n) is 2.44. The summed E-state index contributed by atoms with van der Waals surface area (Å²) in [7, 11) is 1.87. The fourth-order valence-corrected chi connectivity index (χ4v) is 2.08. The molecular formula is C11H13N3OS. The zero-order chi connectivity index (χ0) is 11.5. The molecule has 84 valence electrons. The molecule has 0 saturated carbocycles. The predicted molar refractivity (Wildman–Crippen MR) is 62.7 cm³/mol. The van der Waals surface area contributed by atoms with Crippen LogP contribution in [0.3, 0.4) is 0 Å². The number of carbonyl (C=O) groups excluding carboxylic acids is 1. The van der Waals surface area contributed by atoms with Crippen molar-refractivity contribution in [2.45, 2.75) is 19.8 Å². The Hall–Kier alpha value is -1.49. The van der Waals surface area contributed by atoms with E-state index in [2.05, 4.69) is 17.0 Å². The Balaban J connectivity index is 2.15. The summed E-state index contributed by atoms with van der Waals surface area (Å²) in [6, 6.07) is 1.99. The molecule has 0 aliphatic heterocycles. The van der Waals surface area contributed by atoms with Crippen molar-refractivity contribution in [3.8, 4) is 0 Å². The Morgan fingerprint density at radius 3 is 2.94 bits per heavy atom. The Morgan fingerprint density at radius 2 is 2.38 bits per heavy atom. The van der Waals surface area contributed by atoms with E-state index in [4.69, 9.17) is 0 Å². The highest BCUT2D eigenvalue weighted by atomic mass is 32.1. The van der Waals surface area contributed by atoms with Gasteiger partial charge < -0.3 is 0 Å². The molecule has 5 heteroatoms. The number of carbonyl (C=O) groups is 1. The third kappa shape index (κ3) is 2.19. The van der Waals surface area contributed by atoms with Gasteiger partial charge in [-0.3, -0.25) is 14.5 Å². The fraction of sp³-hybridized carbons (Fsp3) is 0.364. The van der Waals surface area contributed by atoms with E-state index in [1.165, 1.54) is 11.3 Å². The van der Waals surface area contributed by atoms with Gasteiger partial charge in [-0.1, -0.05) is 6.92 Å². The minimum absolute atomic E-state index is 0.105. The van der Waals surface area contributed by atoms with Crippen molar-refractivity contribution >= 4 is 17.1 Å². The van der Waals surface area contributed by atoms with Gasteiger partial charge in [-0.2, -0.15) is 5.10 Å². The van der Waals surface area contributed by atoms with Crippen LogP contribution in [0.15, 0.2) is 17.8 Å². The predicted octanol–water partition coefficient (Wildman–Crippen LogP) is 1.86. The summed E-state index contributed by atoms with van der Waals surface area (Å²) < 4.78 is 1.78. The van der Waals surface area contributed by atoms with Gasteiger partial charge in [0.1, 0.15) is 0 Å². The molecule has 2 heterocycles. The average molecular weight is 235 g/mol. The molecule has 2 aromatic heterocycles. The molecule has 0 saturated heterocycles. The first-order chi connectivity index (χ1) is 7.70. The van der Waals surface area contributed by atoms with Crippen LogP contribution in [0.5, 0.6) is 0 Å². The van der Waals surface area contributed by atoms with Crippen LogP contribution >= 0.6 is 11.3 Å². The molecule has 16 heavy (non-hydrogen) atoms. The lowest BCUT2D eigenvalue weighted by atomic mass is 10.2. The van der Waals surface area contributed by atoms with Crippen LogP contribution in [0.1, 0.15) is 28.0 Å². The van der Waals surface area contributed by atoms with Gasteiger partial charge in [-0.15, -0.1) is 11.3 Å². The summed E-state index contributed by atoms with van der Waals surface area (Å²) in [5, 5.41) is 4.32. The van der Waals surface area contributed by atoms with Crippen molar-refractivity contribution in [2.75, 3.05) is 0 Å². The number of hydrogen-bond acceptors (Lipinski definition) is 4. The molecule has 0 N–H and O–H groups in total. The highest BCUT2D eigenvalue weighted by Gasteiger charge is 2.12. The van der Waals surface area contributed by atoms with E-state index < -0.39 is 0 Å². The summed E-state index contributed by atoms with van der Waals surface area (Å²) in [6.45, 7) is 2.05. The molecule has 0 fully saturated rings. The number of aromatic nitrogens is 3. The number of ketones is 1. The molecule has 0 radical (unpaired) electrons. The lowest BCUT2D eigenvalue weighted by molar-refractivity contribution is 0.0994. The number of hydrogen-bond donors (Lipinski definition) is 0. The summed E-state index contributed by atoms with van der Waals surface area (Å²) in [5.74, 6) is 0.105. The summed E-state index contributed by atoms with van der Waals surface area (Å²) in [6.07, 6.45) is 2.90. The van der Waals surface area contributed by atoms with Crippen molar-refractivity contribution < 1.29 is 4.79 Å². The molecule has 0 atom stereocenters. The molecule has 0 amide bonds. The van der Waals surface area contributed by atoms with Gasteiger partial charge in [0.15, 0.2) is 5.78 Å². The van der Waals surface area contributed by atoms with Crippen LogP contribution < -0.4 is 0 Å². The lowest BCUT2D eigenvalue weighted by Crippen LogP contribution is -2.06. The van der Waals surface area contributed by atoms with Gasteiger partial charge in [0, 0.05) is 18.9 Å². The third-order valence-corrected chi connectivity index (χ3v) is 3.25. The van der Waals surface area contributed by atoms with E-state index in [1.54, 1.807) is 16.4 Å². The van der Waals surface area contributed by atoms with Gasteiger partial charge in [-0.05, 0) is 12.5 Å². The first-order valence-corrected chi connectivity index (χ1v) is 6.02. The molecule has 2 aromatic rings. The van der Waals surface area contributed by atoms with Crippen LogP contribution in [0.4, 0.5) is 0 Å². The van der Waals surface area contributed by atoms with E-state index in [0.717, 1.165) is 17.8 Å². The maximum atomic E-state index is 11.9. The quantitative estimate of drug-likeness (QED) is 0.760. The number of rotatable bonds is 4. The minimum atomic E-state index is 0.105. The molecule has 0 bridgehead atoms. The fourth-order valence-electron chi connectivity index (χ4n) is 1.51. The zero-order valence-electron chi connectivity index (χ0n) is 9.30. The Morgan fingerprint density at radius 1 is 1.56 bits per heavy atom. The molecular weight excluding hydrogens is 222 g/mol. The van der Waals surface area contributed by atoms with Crippen LogP contribution in [0.2, 0.25) is 0 Å². The van der Waals surface area contributed by atoms with Crippen molar-refractivity contribution in [1.29, 1.82) is 0 Å². The van der Waals surface area contributed by atoms with Gasteiger partial charge >= 0.3 is 0 Å². The van der Waals surface area contributed by atoms with Gasteiger partial charge in [-0.25, -0.2) is 0 Å². The Labute approximate surface area is 97.9 Å². The van der Waals surface area contributed by atoms with Gasteiger partial charge in [0.2, 0.25) is 0 Å². The van der Waals surface area contributed by atoms with Crippen LogP contribution in [0.25, 0.3) is 0 Å². The monoisotopic (exact) mass is 235 g/mol. The standard InChI is InChI=1S/C11H13N3OS/c1-3-8-4-9(14(2)13-8)5-10(15)11-6-12-7-16-11/h4,6-7H,3,5H2,1-2H3. The van der Waals surface area contributed by atoms with Crippen molar-refractivity contribution in [3.05, 3.63) is 34.0 Å². The Bertz CT molecular complexity index is 487. The van der Waals surface area contributed by atoms with Crippen LogP contribution in [-0.4, -0.2) is 20.5 Å². The summed E-state index contributed by atoms with van der Waals surface area (Å²) in [5.41, 5.74) is 3.65.